The molecule has 15 nitrogen and oxygen atoms in total. The molecule has 0 aliphatic rings. The normalized spacial score (nSPS) is 14.8. The number of rotatable bonds is 15. The lowest BCUT2D eigenvalue weighted by atomic mass is 10.0. The summed E-state index contributed by atoms with van der Waals surface area (Å²) in [5.41, 5.74) is 12.1. The highest BCUT2D eigenvalue weighted by atomic mass is 16.4. The van der Waals surface area contributed by atoms with Crippen LogP contribution in [-0.2, 0) is 35.2 Å². The van der Waals surface area contributed by atoms with Gasteiger partial charge in [0.05, 0.1) is 18.6 Å². The summed E-state index contributed by atoms with van der Waals surface area (Å²) >= 11 is 0. The molecule has 0 radical (unpaired) electrons. The minimum absolute atomic E-state index is 0.122. The molecule has 1 aromatic heterocycles. The Morgan fingerprint density at radius 2 is 1.56 bits per heavy atom. The average Bonchev–Trinajstić information content (AvgIpc) is 3.26. The average molecular weight is 549 g/mol. The second-order valence-electron chi connectivity index (χ2n) is 8.96. The molecule has 1 aromatic carbocycles. The number of aliphatic hydroxyl groups excluding tert-OH is 1. The van der Waals surface area contributed by atoms with Gasteiger partial charge in [-0.05, 0) is 25.0 Å². The third-order valence-corrected chi connectivity index (χ3v) is 5.82. The molecule has 5 atom stereocenters. The van der Waals surface area contributed by atoms with E-state index >= 15 is 0 Å². The number of nitrogens with one attached hydrogen (secondary N) is 4. The first-order chi connectivity index (χ1) is 18.3. The molecule has 0 saturated heterocycles. The Kier molecular flexibility index (Phi) is 10.9. The fourth-order valence-corrected chi connectivity index (χ4v) is 3.76. The fourth-order valence-electron chi connectivity index (χ4n) is 3.76. The molecule has 0 spiro atoms. The van der Waals surface area contributed by atoms with Crippen molar-refractivity contribution in [1.82, 2.24) is 20.9 Å². The Morgan fingerprint density at radius 3 is 2.15 bits per heavy atom. The maximum atomic E-state index is 13.2. The number of hydrogen-bond acceptors (Lipinski definition) is 8. The number of aliphatic carboxylic acids is 2. The minimum Gasteiger partial charge on any atom is -0.481 e. The number of fused-ring (bicyclic) bond motifs is 1. The number of aliphatic hydroxyl groups is 1. The number of carbonyl (C=O) groups is 6. The molecule has 39 heavy (non-hydrogen) atoms. The van der Waals surface area contributed by atoms with Crippen molar-refractivity contribution < 1.29 is 44.1 Å². The molecular formula is C24H32N6O9. The third kappa shape index (κ3) is 9.08. The zero-order chi connectivity index (χ0) is 29.3. The lowest BCUT2D eigenvalue weighted by Crippen LogP contribution is -2.59. The Hall–Kier alpha value is -4.50. The van der Waals surface area contributed by atoms with Gasteiger partial charge in [-0.1, -0.05) is 18.2 Å². The number of amides is 4. The van der Waals surface area contributed by atoms with Crippen LogP contribution in [0.25, 0.3) is 10.9 Å². The summed E-state index contributed by atoms with van der Waals surface area (Å²) in [6.45, 7) is 1.17. The number of carbonyl (C=O) groups excluding carboxylic acids is 4. The van der Waals surface area contributed by atoms with Crippen LogP contribution in [0.15, 0.2) is 30.5 Å². The van der Waals surface area contributed by atoms with Crippen LogP contribution in [0.1, 0.15) is 31.7 Å². The smallest absolute Gasteiger partial charge is 0.328 e. The molecule has 0 fully saturated rings. The van der Waals surface area contributed by atoms with Gasteiger partial charge in [-0.15, -0.1) is 0 Å². The number of hydrogen-bond donors (Lipinski definition) is 9. The first kappa shape index (κ1) is 30.7. The Labute approximate surface area is 222 Å². The zero-order valence-electron chi connectivity index (χ0n) is 21.0. The Morgan fingerprint density at radius 1 is 0.949 bits per heavy atom. The number of carboxylic acids is 2. The van der Waals surface area contributed by atoms with E-state index in [1.54, 1.807) is 30.5 Å². The summed E-state index contributed by atoms with van der Waals surface area (Å²) in [6, 6.07) is 1.10. The summed E-state index contributed by atoms with van der Waals surface area (Å²) < 4.78 is 0. The second kappa shape index (κ2) is 13.9. The van der Waals surface area contributed by atoms with E-state index in [0.717, 1.165) is 10.9 Å². The predicted molar refractivity (Wildman–Crippen MR) is 136 cm³/mol. The van der Waals surface area contributed by atoms with E-state index in [1.807, 2.05) is 0 Å². The van der Waals surface area contributed by atoms with E-state index in [-0.39, 0.29) is 19.3 Å². The monoisotopic (exact) mass is 548 g/mol. The highest BCUT2D eigenvalue weighted by Crippen LogP contribution is 2.19. The van der Waals surface area contributed by atoms with E-state index < -0.39 is 72.3 Å². The molecule has 2 rings (SSSR count). The molecule has 212 valence electrons. The maximum Gasteiger partial charge on any atom is 0.328 e. The van der Waals surface area contributed by atoms with E-state index in [2.05, 4.69) is 20.9 Å². The molecule has 0 bridgehead atoms. The van der Waals surface area contributed by atoms with Crippen LogP contribution in [0.3, 0.4) is 0 Å². The second-order valence-corrected chi connectivity index (χ2v) is 8.96. The topological polar surface area (TPSA) is 267 Å². The molecule has 4 amide bonds. The lowest BCUT2D eigenvalue weighted by Gasteiger charge is -2.25. The van der Waals surface area contributed by atoms with Crippen molar-refractivity contribution in [3.05, 3.63) is 36.0 Å². The highest BCUT2D eigenvalue weighted by molar-refractivity contribution is 5.95. The first-order valence-electron chi connectivity index (χ1n) is 11.9. The number of H-pyrrole nitrogens is 1. The molecular weight excluding hydrogens is 516 g/mol. The van der Waals surface area contributed by atoms with Gasteiger partial charge in [0.15, 0.2) is 6.04 Å². The van der Waals surface area contributed by atoms with Crippen molar-refractivity contribution in [2.75, 3.05) is 0 Å². The van der Waals surface area contributed by atoms with Crippen LogP contribution in [0.5, 0.6) is 0 Å². The lowest BCUT2D eigenvalue weighted by molar-refractivity contribution is -0.145. The standard InChI is InChI=1S/C24H32N6O9/c1-11(31)20(24(38)39)30-23(37)17(8-12-10-27-15-5-3-2-4-13(12)15)29-22(36)16(6-7-18(26)32)28-21(35)14(25)9-19(33)34/h2-5,10-11,14,16-17,20,27,31H,6-9,25H2,1H3,(H2,26,32)(H,28,35)(H,29,36)(H,30,37)(H,33,34)(H,38,39). The molecule has 5 unspecified atom stereocenters. The van der Waals surface area contributed by atoms with Crippen LogP contribution < -0.4 is 27.4 Å². The van der Waals surface area contributed by atoms with Gasteiger partial charge in [-0.3, -0.25) is 24.0 Å². The SMILES string of the molecule is CC(O)C(NC(=O)C(Cc1c[nH]c2ccccc12)NC(=O)C(CCC(N)=O)NC(=O)C(N)CC(=O)O)C(=O)O. The highest BCUT2D eigenvalue weighted by Gasteiger charge is 2.32. The summed E-state index contributed by atoms with van der Waals surface area (Å²) in [7, 11) is 0. The molecule has 15 heteroatoms. The maximum absolute atomic E-state index is 13.2. The largest absolute Gasteiger partial charge is 0.481 e. The van der Waals surface area contributed by atoms with Crippen LogP contribution in [-0.4, -0.2) is 86.1 Å². The first-order valence-corrected chi connectivity index (χ1v) is 11.9. The van der Waals surface area contributed by atoms with Crippen molar-refractivity contribution in [2.45, 2.75) is 62.9 Å². The van der Waals surface area contributed by atoms with E-state index in [0.29, 0.717) is 5.56 Å². The number of carboxylic acid groups (broad SMARTS) is 2. The fraction of sp³-hybridized carbons (Fsp3) is 0.417. The number of aromatic amines is 1. The van der Waals surface area contributed by atoms with E-state index in [9.17, 15) is 39.0 Å². The summed E-state index contributed by atoms with van der Waals surface area (Å²) in [5.74, 6) is -6.50. The number of para-hydroxylation sites is 1. The predicted octanol–water partition coefficient (Wildman–Crippen LogP) is -2.30. The van der Waals surface area contributed by atoms with Crippen LogP contribution >= 0.6 is 0 Å². The van der Waals surface area contributed by atoms with Gasteiger partial charge < -0.3 is 47.7 Å². The Balaban J connectivity index is 2.34. The van der Waals surface area contributed by atoms with Crippen molar-refractivity contribution in [1.29, 1.82) is 0 Å². The van der Waals surface area contributed by atoms with Crippen LogP contribution in [0.2, 0.25) is 0 Å². The van der Waals surface area contributed by atoms with Gasteiger partial charge >= 0.3 is 11.9 Å². The van der Waals surface area contributed by atoms with Gasteiger partial charge in [0.2, 0.25) is 23.6 Å². The molecule has 0 saturated carbocycles. The van der Waals surface area contributed by atoms with E-state index in [1.165, 1.54) is 6.92 Å². The summed E-state index contributed by atoms with van der Waals surface area (Å²) in [6.07, 6.45) is -1.33. The summed E-state index contributed by atoms with van der Waals surface area (Å²) in [5, 5.41) is 35.7. The van der Waals surface area contributed by atoms with Crippen molar-refractivity contribution in [3.63, 3.8) is 0 Å². The quantitative estimate of drug-likeness (QED) is 0.115. The van der Waals surface area contributed by atoms with E-state index in [4.69, 9.17) is 16.6 Å². The van der Waals surface area contributed by atoms with Gasteiger partial charge in [-0.25, -0.2) is 4.79 Å². The van der Waals surface area contributed by atoms with Gasteiger partial charge in [0, 0.05) is 29.9 Å². The third-order valence-electron chi connectivity index (χ3n) is 5.82. The number of nitrogens with two attached hydrogens (primary N) is 2. The van der Waals surface area contributed by atoms with Crippen molar-refractivity contribution >= 4 is 46.5 Å². The number of primary amides is 1. The van der Waals surface area contributed by atoms with Crippen LogP contribution in [0, 0.1) is 0 Å². The zero-order valence-corrected chi connectivity index (χ0v) is 21.0. The molecule has 1 heterocycles. The molecule has 2 aromatic rings. The summed E-state index contributed by atoms with van der Waals surface area (Å²) in [4.78, 5) is 75.5. The number of benzene rings is 1. The van der Waals surface area contributed by atoms with Crippen LogP contribution in [0.4, 0.5) is 0 Å². The Bertz CT molecular complexity index is 1230. The van der Waals surface area contributed by atoms with Gasteiger partial charge in [0.25, 0.3) is 0 Å². The van der Waals surface area contributed by atoms with Crippen molar-refractivity contribution in [2.24, 2.45) is 11.5 Å². The van der Waals surface area contributed by atoms with Crippen molar-refractivity contribution in [3.8, 4) is 0 Å². The molecule has 0 aliphatic carbocycles. The minimum atomic E-state index is -1.68. The van der Waals surface area contributed by atoms with Gasteiger partial charge in [0.1, 0.15) is 12.1 Å². The molecule has 0 aliphatic heterocycles. The van der Waals surface area contributed by atoms with Gasteiger partial charge in [-0.2, -0.15) is 0 Å². The number of aromatic nitrogens is 1. The molecule has 11 N–H and O–H groups in total.